The third kappa shape index (κ3) is 2.99. The fraction of sp³-hybridized carbons (Fsp3) is 0.471. The molecule has 4 nitrogen and oxygen atoms in total. The average molecular weight is 395 g/mol. The van der Waals surface area contributed by atoms with Crippen LogP contribution in [0.1, 0.15) is 35.4 Å². The molecule has 1 saturated carbocycles. The minimum Gasteiger partial charge on any atom is -0.444 e. The molecule has 0 bridgehead atoms. The predicted molar refractivity (Wildman–Crippen MR) is 93.5 cm³/mol. The van der Waals surface area contributed by atoms with E-state index in [0.717, 1.165) is 32.4 Å². The lowest BCUT2D eigenvalue weighted by Gasteiger charge is -2.29. The summed E-state index contributed by atoms with van der Waals surface area (Å²) in [6, 6.07) is 5.97. The number of hydrogen-bond donors (Lipinski definition) is 1. The third-order valence-electron chi connectivity index (χ3n) is 5.10. The summed E-state index contributed by atoms with van der Waals surface area (Å²) in [5, 5.41) is 7.61. The van der Waals surface area contributed by atoms with Crippen LogP contribution in [0.25, 0.3) is 0 Å². The van der Waals surface area contributed by atoms with E-state index in [1.54, 1.807) is 23.5 Å². The van der Waals surface area contributed by atoms with Gasteiger partial charge in [0.2, 0.25) is 0 Å². The van der Waals surface area contributed by atoms with E-state index in [1.807, 2.05) is 4.90 Å². The highest BCUT2D eigenvalue weighted by Crippen LogP contribution is 2.56. The second kappa shape index (κ2) is 6.07. The molecule has 4 rings (SSSR count). The molecule has 122 valence electrons. The number of hydrogen-bond acceptors (Lipinski definition) is 4. The fourth-order valence-electron chi connectivity index (χ4n) is 3.70. The summed E-state index contributed by atoms with van der Waals surface area (Å²) < 4.78 is 6.12. The lowest BCUT2D eigenvalue weighted by Crippen LogP contribution is -2.39. The van der Waals surface area contributed by atoms with Crippen LogP contribution in [0.3, 0.4) is 0 Å². The van der Waals surface area contributed by atoms with Crippen molar-refractivity contribution in [3.05, 3.63) is 45.0 Å². The van der Waals surface area contributed by atoms with Crippen LogP contribution in [0.5, 0.6) is 0 Å². The minimum atomic E-state index is 0.00214. The van der Waals surface area contributed by atoms with Gasteiger partial charge in [0, 0.05) is 12.6 Å². The molecule has 1 saturated heterocycles. The molecular formula is C17H19BrN2O2S. The molecule has 2 aliphatic rings. The number of thiophene rings is 1. The first-order valence-corrected chi connectivity index (χ1v) is 9.70. The number of amides is 1. The van der Waals surface area contributed by atoms with E-state index >= 15 is 0 Å². The van der Waals surface area contributed by atoms with Crippen LogP contribution in [0.4, 0.5) is 0 Å². The van der Waals surface area contributed by atoms with E-state index in [4.69, 9.17) is 4.42 Å². The second-order valence-electron chi connectivity index (χ2n) is 6.50. The fourth-order valence-corrected chi connectivity index (χ4v) is 4.67. The third-order valence-corrected chi connectivity index (χ3v) is 6.26. The zero-order valence-corrected chi connectivity index (χ0v) is 15.2. The van der Waals surface area contributed by atoms with Crippen molar-refractivity contribution >= 4 is 33.2 Å². The quantitative estimate of drug-likeness (QED) is 0.855. The molecule has 0 radical (unpaired) electrons. The molecular weight excluding hydrogens is 376 g/mol. The molecule has 2 aromatic heterocycles. The maximum atomic E-state index is 13.0. The van der Waals surface area contributed by atoms with Crippen LogP contribution >= 0.6 is 27.3 Å². The Labute approximate surface area is 148 Å². The van der Waals surface area contributed by atoms with Crippen LogP contribution in [0, 0.1) is 5.41 Å². The average Bonchev–Trinajstić information content (AvgIpc) is 2.97. The zero-order chi connectivity index (χ0) is 15.9. The summed E-state index contributed by atoms with van der Waals surface area (Å²) >= 11 is 4.96. The van der Waals surface area contributed by atoms with E-state index in [2.05, 4.69) is 38.1 Å². The Morgan fingerprint density at radius 2 is 2.22 bits per heavy atom. The Hall–Kier alpha value is -1.11. The van der Waals surface area contributed by atoms with Gasteiger partial charge in [-0.2, -0.15) is 11.3 Å². The lowest BCUT2D eigenvalue weighted by atomic mass is 9.93. The van der Waals surface area contributed by atoms with Crippen molar-refractivity contribution < 1.29 is 9.21 Å². The molecule has 1 unspecified atom stereocenters. The zero-order valence-electron chi connectivity index (χ0n) is 12.8. The first-order chi connectivity index (χ1) is 11.2. The molecule has 1 atom stereocenters. The summed E-state index contributed by atoms with van der Waals surface area (Å²) in [7, 11) is 0. The van der Waals surface area contributed by atoms with Crippen molar-refractivity contribution in [3.8, 4) is 0 Å². The number of nitrogens with one attached hydrogen (secondary N) is 1. The van der Waals surface area contributed by atoms with Gasteiger partial charge in [-0.05, 0) is 88.2 Å². The number of furan rings is 1. The van der Waals surface area contributed by atoms with Gasteiger partial charge in [-0.3, -0.25) is 4.79 Å². The van der Waals surface area contributed by atoms with Crippen molar-refractivity contribution in [2.75, 3.05) is 13.1 Å². The molecule has 6 heteroatoms. The van der Waals surface area contributed by atoms with Gasteiger partial charge in [-0.25, -0.2) is 0 Å². The Balaban J connectivity index is 1.58. The van der Waals surface area contributed by atoms with Gasteiger partial charge in [0.05, 0.1) is 0 Å². The Kier molecular flexibility index (Phi) is 4.07. The highest BCUT2D eigenvalue weighted by Gasteiger charge is 2.58. The maximum Gasteiger partial charge on any atom is 0.290 e. The molecule has 1 spiro atoms. The highest BCUT2D eigenvalue weighted by molar-refractivity contribution is 9.10. The predicted octanol–water partition coefficient (Wildman–Crippen LogP) is 3.89. The minimum absolute atomic E-state index is 0.00214. The van der Waals surface area contributed by atoms with Crippen molar-refractivity contribution in [2.24, 2.45) is 5.41 Å². The number of rotatable bonds is 4. The first-order valence-electron chi connectivity index (χ1n) is 7.96. The van der Waals surface area contributed by atoms with Gasteiger partial charge in [-0.15, -0.1) is 0 Å². The number of carbonyl (C=O) groups is 1. The maximum absolute atomic E-state index is 13.0. The molecule has 2 fully saturated rings. The standard InChI is InChI=1S/C17H19BrN2O2S/c18-15-2-1-13(22-15)16(21)20(10-12-3-8-23-11-12)14-9-17(14)4-6-19-7-5-17/h1-3,8,11,14,19H,4-7,9-10H2. The molecule has 1 aliphatic heterocycles. The van der Waals surface area contributed by atoms with Crippen LogP contribution < -0.4 is 5.32 Å². The van der Waals surface area contributed by atoms with E-state index < -0.39 is 0 Å². The van der Waals surface area contributed by atoms with Crippen molar-refractivity contribution in [1.82, 2.24) is 10.2 Å². The van der Waals surface area contributed by atoms with Crippen molar-refractivity contribution in [1.29, 1.82) is 0 Å². The smallest absolute Gasteiger partial charge is 0.290 e. The summed E-state index contributed by atoms with van der Waals surface area (Å²) in [4.78, 5) is 15.0. The Morgan fingerprint density at radius 1 is 1.39 bits per heavy atom. The van der Waals surface area contributed by atoms with Crippen molar-refractivity contribution in [2.45, 2.75) is 31.8 Å². The Morgan fingerprint density at radius 3 is 2.87 bits per heavy atom. The monoisotopic (exact) mass is 394 g/mol. The summed E-state index contributed by atoms with van der Waals surface area (Å²) in [5.41, 5.74) is 1.52. The van der Waals surface area contributed by atoms with Gasteiger partial charge in [-0.1, -0.05) is 0 Å². The van der Waals surface area contributed by atoms with Crippen LogP contribution in [-0.2, 0) is 6.54 Å². The molecule has 1 amide bonds. The normalized spacial score (nSPS) is 22.2. The van der Waals surface area contributed by atoms with Crippen LogP contribution in [0.15, 0.2) is 38.0 Å². The van der Waals surface area contributed by atoms with E-state index in [1.165, 1.54) is 5.56 Å². The summed E-state index contributed by atoms with van der Waals surface area (Å²) in [6.07, 6.45) is 3.44. The molecule has 23 heavy (non-hydrogen) atoms. The molecule has 1 N–H and O–H groups in total. The highest BCUT2D eigenvalue weighted by atomic mass is 79.9. The summed E-state index contributed by atoms with van der Waals surface area (Å²) in [6.45, 7) is 2.78. The molecule has 0 aromatic carbocycles. The van der Waals surface area contributed by atoms with E-state index in [-0.39, 0.29) is 5.91 Å². The molecule has 1 aliphatic carbocycles. The SMILES string of the molecule is O=C(c1ccc(Br)o1)N(Cc1ccsc1)C1CC12CCNCC2. The molecule has 3 heterocycles. The Bertz CT molecular complexity index is 691. The number of carbonyl (C=O) groups excluding carboxylic acids is 1. The number of halogens is 1. The largest absolute Gasteiger partial charge is 0.444 e. The van der Waals surface area contributed by atoms with Gasteiger partial charge in [0.15, 0.2) is 10.4 Å². The van der Waals surface area contributed by atoms with Gasteiger partial charge in [0.1, 0.15) is 0 Å². The topological polar surface area (TPSA) is 45.5 Å². The molecule has 2 aromatic rings. The lowest BCUT2D eigenvalue weighted by molar-refractivity contribution is 0.0658. The number of nitrogens with zero attached hydrogens (tertiary/aromatic N) is 1. The van der Waals surface area contributed by atoms with Crippen LogP contribution in [0.2, 0.25) is 0 Å². The van der Waals surface area contributed by atoms with E-state index in [0.29, 0.717) is 28.4 Å². The van der Waals surface area contributed by atoms with E-state index in [9.17, 15) is 4.79 Å². The van der Waals surface area contributed by atoms with Crippen LogP contribution in [-0.4, -0.2) is 29.9 Å². The van der Waals surface area contributed by atoms with Gasteiger partial charge >= 0.3 is 0 Å². The van der Waals surface area contributed by atoms with Gasteiger partial charge in [0.25, 0.3) is 5.91 Å². The first kappa shape index (κ1) is 15.4. The number of piperidine rings is 1. The van der Waals surface area contributed by atoms with Gasteiger partial charge < -0.3 is 14.6 Å². The summed E-state index contributed by atoms with van der Waals surface area (Å²) in [5.74, 6) is 0.422. The second-order valence-corrected chi connectivity index (χ2v) is 8.06. The van der Waals surface area contributed by atoms with Crippen molar-refractivity contribution in [3.63, 3.8) is 0 Å².